The Morgan fingerprint density at radius 3 is 3.05 bits per heavy atom. The zero-order valence-corrected chi connectivity index (χ0v) is 13.7. The minimum atomic E-state index is -0.142. The minimum Gasteiger partial charge on any atom is -0.360 e. The van der Waals surface area contributed by atoms with E-state index in [-0.39, 0.29) is 5.91 Å². The zero-order valence-electron chi connectivity index (χ0n) is 13.0. The van der Waals surface area contributed by atoms with Crippen LogP contribution in [-0.2, 0) is 26.4 Å². The normalized spacial score (nSPS) is 17.4. The summed E-state index contributed by atoms with van der Waals surface area (Å²) in [4.78, 5) is 14.3. The Hall–Kier alpha value is -1.82. The van der Waals surface area contributed by atoms with Crippen LogP contribution in [-0.4, -0.2) is 32.8 Å². The number of fused-ring (bicyclic) bond motifs is 1. The maximum Gasteiger partial charge on any atom is 0.276 e. The molecule has 1 aliphatic rings. The van der Waals surface area contributed by atoms with Crippen LogP contribution in [0.25, 0.3) is 0 Å². The number of aryl methyl sites for hydroxylation is 2. The van der Waals surface area contributed by atoms with Crippen molar-refractivity contribution in [2.75, 3.05) is 7.05 Å². The molecule has 1 atom stereocenters. The van der Waals surface area contributed by atoms with E-state index in [0.29, 0.717) is 23.2 Å². The molecular weight excluding hydrogens is 304 g/mol. The Morgan fingerprint density at radius 2 is 2.36 bits per heavy atom. The monoisotopic (exact) mass is 322 g/mol. The van der Waals surface area contributed by atoms with Crippen molar-refractivity contribution < 1.29 is 9.32 Å². The number of carbonyl (C=O) groups excluding carboxylic acids is 1. The number of amides is 1. The summed E-state index contributed by atoms with van der Waals surface area (Å²) in [7, 11) is 3.54. The van der Waals surface area contributed by atoms with Crippen molar-refractivity contribution in [3.63, 3.8) is 0 Å². The molecule has 0 saturated heterocycles. The van der Waals surface area contributed by atoms with Gasteiger partial charge in [0.15, 0.2) is 5.69 Å². The summed E-state index contributed by atoms with van der Waals surface area (Å²) >= 11 is 6.10. The Balaban J connectivity index is 1.81. The van der Waals surface area contributed by atoms with Crippen molar-refractivity contribution in [1.82, 2.24) is 19.8 Å². The highest BCUT2D eigenvalue weighted by atomic mass is 35.5. The Labute approximate surface area is 134 Å². The number of rotatable bonds is 3. The van der Waals surface area contributed by atoms with Crippen LogP contribution in [0.1, 0.15) is 40.9 Å². The number of hydrogen-bond donors (Lipinski definition) is 0. The first-order chi connectivity index (χ1) is 10.5. The SMILES string of the molecule is CC1CCc2onc(C(=O)N(C)Cc3c(Cl)cnn3C)c2C1. The van der Waals surface area contributed by atoms with E-state index in [4.69, 9.17) is 16.1 Å². The molecule has 1 amide bonds. The second-order valence-corrected chi connectivity index (χ2v) is 6.41. The number of hydrogen-bond acceptors (Lipinski definition) is 4. The first kappa shape index (κ1) is 15.1. The van der Waals surface area contributed by atoms with Gasteiger partial charge < -0.3 is 9.42 Å². The van der Waals surface area contributed by atoms with Gasteiger partial charge in [0.1, 0.15) is 5.76 Å². The summed E-state index contributed by atoms with van der Waals surface area (Å²) in [5, 5.41) is 8.64. The molecule has 2 heterocycles. The van der Waals surface area contributed by atoms with Gasteiger partial charge in [0.25, 0.3) is 5.91 Å². The van der Waals surface area contributed by atoms with E-state index in [0.717, 1.165) is 36.3 Å². The van der Waals surface area contributed by atoms with E-state index in [1.807, 2.05) is 0 Å². The van der Waals surface area contributed by atoms with Crippen molar-refractivity contribution in [3.8, 4) is 0 Å². The average molecular weight is 323 g/mol. The third-order valence-electron chi connectivity index (χ3n) is 4.23. The van der Waals surface area contributed by atoms with E-state index in [9.17, 15) is 4.79 Å². The summed E-state index contributed by atoms with van der Waals surface area (Å²) in [5.41, 5.74) is 2.19. The van der Waals surface area contributed by atoms with Gasteiger partial charge in [0.2, 0.25) is 0 Å². The Morgan fingerprint density at radius 1 is 1.59 bits per heavy atom. The highest BCUT2D eigenvalue weighted by Crippen LogP contribution is 2.28. The number of nitrogens with zero attached hydrogens (tertiary/aromatic N) is 4. The summed E-state index contributed by atoms with van der Waals surface area (Å²) in [6, 6.07) is 0. The van der Waals surface area contributed by atoms with Crippen LogP contribution in [0.15, 0.2) is 10.7 Å². The summed E-state index contributed by atoms with van der Waals surface area (Å²) in [5.74, 6) is 1.26. The molecule has 0 saturated carbocycles. The van der Waals surface area contributed by atoms with Gasteiger partial charge in [-0.2, -0.15) is 5.10 Å². The van der Waals surface area contributed by atoms with Gasteiger partial charge in [0, 0.05) is 26.1 Å². The van der Waals surface area contributed by atoms with Crippen molar-refractivity contribution in [3.05, 3.63) is 33.9 Å². The Kier molecular flexibility index (Phi) is 3.95. The fraction of sp³-hybridized carbons (Fsp3) is 0.533. The molecule has 0 aromatic carbocycles. The van der Waals surface area contributed by atoms with Crippen LogP contribution in [0.2, 0.25) is 5.02 Å². The van der Waals surface area contributed by atoms with E-state index in [1.54, 1.807) is 29.9 Å². The maximum atomic E-state index is 12.7. The van der Waals surface area contributed by atoms with Crippen LogP contribution in [0.5, 0.6) is 0 Å². The van der Waals surface area contributed by atoms with Crippen molar-refractivity contribution >= 4 is 17.5 Å². The van der Waals surface area contributed by atoms with Crippen LogP contribution in [0, 0.1) is 5.92 Å². The summed E-state index contributed by atoms with van der Waals surface area (Å²) in [6.45, 7) is 2.56. The molecule has 0 fully saturated rings. The molecule has 118 valence electrons. The van der Waals surface area contributed by atoms with Gasteiger partial charge in [-0.25, -0.2) is 0 Å². The first-order valence-electron chi connectivity index (χ1n) is 7.36. The lowest BCUT2D eigenvalue weighted by atomic mass is 9.88. The fourth-order valence-electron chi connectivity index (χ4n) is 2.84. The van der Waals surface area contributed by atoms with Gasteiger partial charge in [-0.05, 0) is 18.8 Å². The third-order valence-corrected chi connectivity index (χ3v) is 4.55. The van der Waals surface area contributed by atoms with Crippen molar-refractivity contribution in [2.45, 2.75) is 32.7 Å². The lowest BCUT2D eigenvalue weighted by molar-refractivity contribution is 0.0770. The molecular formula is C15H19ClN4O2. The summed E-state index contributed by atoms with van der Waals surface area (Å²) in [6.07, 6.45) is 4.36. The first-order valence-corrected chi connectivity index (χ1v) is 7.74. The predicted octanol–water partition coefficient (Wildman–Crippen LogP) is 2.46. The second-order valence-electron chi connectivity index (χ2n) is 6.00. The standard InChI is InChI=1S/C15H19ClN4O2/c1-9-4-5-13-10(6-9)14(18-22-13)15(21)19(2)8-12-11(16)7-17-20(12)3/h7,9H,4-6,8H2,1-3H3. The highest BCUT2D eigenvalue weighted by Gasteiger charge is 2.28. The lowest BCUT2D eigenvalue weighted by Crippen LogP contribution is -2.29. The molecule has 0 bridgehead atoms. The third kappa shape index (κ3) is 2.63. The van der Waals surface area contributed by atoms with Crippen molar-refractivity contribution in [2.24, 2.45) is 13.0 Å². The van der Waals surface area contributed by atoms with Gasteiger partial charge in [-0.15, -0.1) is 0 Å². The van der Waals surface area contributed by atoms with Crippen LogP contribution >= 0.6 is 11.6 Å². The molecule has 22 heavy (non-hydrogen) atoms. The maximum absolute atomic E-state index is 12.7. The minimum absolute atomic E-state index is 0.142. The van der Waals surface area contributed by atoms with E-state index >= 15 is 0 Å². The molecule has 7 heteroatoms. The van der Waals surface area contributed by atoms with Crippen LogP contribution in [0.3, 0.4) is 0 Å². The predicted molar refractivity (Wildman–Crippen MR) is 81.7 cm³/mol. The lowest BCUT2D eigenvalue weighted by Gasteiger charge is -2.19. The van der Waals surface area contributed by atoms with Gasteiger partial charge >= 0.3 is 0 Å². The van der Waals surface area contributed by atoms with E-state index < -0.39 is 0 Å². The molecule has 1 unspecified atom stereocenters. The topological polar surface area (TPSA) is 64.2 Å². The quantitative estimate of drug-likeness (QED) is 0.870. The van der Waals surface area contributed by atoms with Crippen LogP contribution < -0.4 is 0 Å². The van der Waals surface area contributed by atoms with E-state index in [1.165, 1.54) is 0 Å². The van der Waals surface area contributed by atoms with Gasteiger partial charge in [-0.3, -0.25) is 9.48 Å². The highest BCUT2D eigenvalue weighted by molar-refractivity contribution is 6.31. The number of aromatic nitrogens is 3. The zero-order chi connectivity index (χ0) is 15.9. The molecule has 2 aromatic rings. The average Bonchev–Trinajstić information content (AvgIpc) is 3.04. The Bertz CT molecular complexity index is 687. The van der Waals surface area contributed by atoms with Crippen LogP contribution in [0.4, 0.5) is 0 Å². The summed E-state index contributed by atoms with van der Waals surface area (Å²) < 4.78 is 7.02. The van der Waals surface area contributed by atoms with Crippen molar-refractivity contribution in [1.29, 1.82) is 0 Å². The van der Waals surface area contributed by atoms with Gasteiger partial charge in [0.05, 0.1) is 23.5 Å². The molecule has 1 aliphatic carbocycles. The second kappa shape index (κ2) is 5.76. The molecule has 3 rings (SSSR count). The van der Waals surface area contributed by atoms with Gasteiger partial charge in [-0.1, -0.05) is 23.7 Å². The molecule has 2 aromatic heterocycles. The molecule has 0 N–H and O–H groups in total. The molecule has 0 spiro atoms. The number of carbonyl (C=O) groups is 1. The number of halogens is 1. The smallest absolute Gasteiger partial charge is 0.276 e. The molecule has 0 radical (unpaired) electrons. The van der Waals surface area contributed by atoms with E-state index in [2.05, 4.69) is 17.2 Å². The molecule has 0 aliphatic heterocycles. The largest absolute Gasteiger partial charge is 0.360 e. The fourth-order valence-corrected chi connectivity index (χ4v) is 3.06. The molecule has 6 nitrogen and oxygen atoms in total.